The molecule has 2 aromatic heterocycles. The number of aromatic amines is 1. The normalized spacial score (nSPS) is 11.1. The van der Waals surface area contributed by atoms with Crippen LogP contribution in [-0.4, -0.2) is 22.6 Å². The van der Waals surface area contributed by atoms with Gasteiger partial charge in [0.15, 0.2) is 17.3 Å². The zero-order chi connectivity index (χ0) is 20.4. The van der Waals surface area contributed by atoms with Crippen molar-refractivity contribution in [1.29, 1.82) is 0 Å². The van der Waals surface area contributed by atoms with E-state index in [4.69, 9.17) is 16.1 Å². The lowest BCUT2D eigenvalue weighted by Crippen LogP contribution is -2.25. The molecule has 5 nitrogen and oxygen atoms in total. The number of carbonyl (C=O) groups is 1. The predicted octanol–water partition coefficient (Wildman–Crippen LogP) is 4.65. The van der Waals surface area contributed by atoms with E-state index in [-0.39, 0.29) is 18.0 Å². The average molecular weight is 416 g/mol. The first-order chi connectivity index (χ1) is 14.0. The van der Waals surface area contributed by atoms with Crippen LogP contribution in [-0.2, 0) is 12.8 Å². The van der Waals surface area contributed by atoms with E-state index in [0.29, 0.717) is 29.3 Å². The van der Waals surface area contributed by atoms with Crippen LogP contribution >= 0.6 is 11.6 Å². The first-order valence-electron chi connectivity index (χ1n) is 8.93. The maximum absolute atomic E-state index is 13.3. The van der Waals surface area contributed by atoms with E-state index in [1.807, 2.05) is 24.4 Å². The van der Waals surface area contributed by atoms with Crippen molar-refractivity contribution in [2.24, 2.45) is 0 Å². The van der Waals surface area contributed by atoms with Crippen molar-refractivity contribution >= 4 is 28.4 Å². The van der Waals surface area contributed by atoms with Gasteiger partial charge in [-0.3, -0.25) is 4.79 Å². The number of aromatic nitrogens is 2. The highest BCUT2D eigenvalue weighted by molar-refractivity contribution is 6.31. The summed E-state index contributed by atoms with van der Waals surface area (Å²) < 4.78 is 31.4. The van der Waals surface area contributed by atoms with Gasteiger partial charge in [0.25, 0.3) is 5.91 Å². The van der Waals surface area contributed by atoms with Gasteiger partial charge in [-0.25, -0.2) is 8.78 Å². The second-order valence-corrected chi connectivity index (χ2v) is 7.05. The van der Waals surface area contributed by atoms with Gasteiger partial charge in [-0.2, -0.15) is 0 Å². The number of hydrogen-bond donors (Lipinski definition) is 2. The van der Waals surface area contributed by atoms with E-state index in [9.17, 15) is 13.6 Å². The first-order valence-corrected chi connectivity index (χ1v) is 9.30. The van der Waals surface area contributed by atoms with E-state index >= 15 is 0 Å². The molecule has 4 rings (SSSR count). The summed E-state index contributed by atoms with van der Waals surface area (Å²) in [5.41, 5.74) is 2.67. The number of nitrogens with zero attached hydrogens (tertiary/aromatic N) is 1. The molecule has 29 heavy (non-hydrogen) atoms. The van der Waals surface area contributed by atoms with Crippen LogP contribution in [0.25, 0.3) is 10.9 Å². The molecule has 0 saturated heterocycles. The van der Waals surface area contributed by atoms with Crippen molar-refractivity contribution in [2.45, 2.75) is 12.8 Å². The Hall–Kier alpha value is -3.19. The summed E-state index contributed by atoms with van der Waals surface area (Å²) in [6.45, 7) is 0.406. The molecule has 2 N–H and O–H groups in total. The molecule has 2 heterocycles. The molecule has 1 amide bonds. The van der Waals surface area contributed by atoms with E-state index in [1.165, 1.54) is 12.1 Å². The van der Waals surface area contributed by atoms with Gasteiger partial charge >= 0.3 is 0 Å². The molecule has 0 aliphatic rings. The minimum absolute atomic E-state index is 0.129. The predicted molar refractivity (Wildman–Crippen MR) is 105 cm³/mol. The Balaban J connectivity index is 1.35. The van der Waals surface area contributed by atoms with Gasteiger partial charge in [0.05, 0.1) is 0 Å². The van der Waals surface area contributed by atoms with Gasteiger partial charge in [-0.1, -0.05) is 22.8 Å². The van der Waals surface area contributed by atoms with Crippen molar-refractivity contribution in [1.82, 2.24) is 15.5 Å². The van der Waals surface area contributed by atoms with Crippen LogP contribution in [0.5, 0.6) is 0 Å². The van der Waals surface area contributed by atoms with Crippen molar-refractivity contribution in [3.63, 3.8) is 0 Å². The zero-order valence-corrected chi connectivity index (χ0v) is 15.9. The summed E-state index contributed by atoms with van der Waals surface area (Å²) in [5, 5.41) is 8.21. The number of nitrogens with one attached hydrogen (secondary N) is 2. The van der Waals surface area contributed by atoms with Crippen LogP contribution in [0.2, 0.25) is 5.02 Å². The van der Waals surface area contributed by atoms with Gasteiger partial charge in [0, 0.05) is 41.2 Å². The molecule has 148 valence electrons. The third-order valence-electron chi connectivity index (χ3n) is 4.56. The van der Waals surface area contributed by atoms with Crippen LogP contribution in [0.1, 0.15) is 27.4 Å². The highest BCUT2D eigenvalue weighted by Gasteiger charge is 2.14. The summed E-state index contributed by atoms with van der Waals surface area (Å²) in [7, 11) is 0. The van der Waals surface area contributed by atoms with Crippen LogP contribution < -0.4 is 5.32 Å². The second kappa shape index (κ2) is 8.05. The van der Waals surface area contributed by atoms with Crippen LogP contribution in [0.15, 0.2) is 53.2 Å². The van der Waals surface area contributed by atoms with Crippen molar-refractivity contribution in [2.75, 3.05) is 6.54 Å². The number of amides is 1. The highest BCUT2D eigenvalue weighted by atomic mass is 35.5. The number of carbonyl (C=O) groups excluding carboxylic acids is 1. The topological polar surface area (TPSA) is 70.9 Å². The Bertz CT molecular complexity index is 1190. The molecule has 0 aliphatic heterocycles. The van der Waals surface area contributed by atoms with Gasteiger partial charge in [0.2, 0.25) is 0 Å². The molecule has 0 radical (unpaired) electrons. The Kier molecular flexibility index (Phi) is 5.31. The maximum atomic E-state index is 13.3. The number of halogens is 3. The number of H-pyrrole nitrogens is 1. The van der Waals surface area contributed by atoms with E-state index in [0.717, 1.165) is 28.6 Å². The Morgan fingerprint density at radius 2 is 2.00 bits per heavy atom. The fourth-order valence-corrected chi connectivity index (χ4v) is 3.28. The van der Waals surface area contributed by atoms with E-state index in [1.54, 1.807) is 0 Å². The summed E-state index contributed by atoms with van der Waals surface area (Å²) in [6, 6.07) is 10.7. The fourth-order valence-electron chi connectivity index (χ4n) is 3.11. The minimum Gasteiger partial charge on any atom is -0.361 e. The maximum Gasteiger partial charge on any atom is 0.273 e. The molecule has 0 atom stereocenters. The monoisotopic (exact) mass is 415 g/mol. The molecule has 2 aromatic carbocycles. The molecule has 0 unspecified atom stereocenters. The van der Waals surface area contributed by atoms with Gasteiger partial charge < -0.3 is 14.8 Å². The lowest BCUT2D eigenvalue weighted by Gasteiger charge is -2.02. The highest BCUT2D eigenvalue weighted by Crippen LogP contribution is 2.22. The number of fused-ring (bicyclic) bond motifs is 1. The van der Waals surface area contributed by atoms with E-state index in [2.05, 4.69) is 15.5 Å². The third kappa shape index (κ3) is 4.30. The molecular weight excluding hydrogens is 400 g/mol. The van der Waals surface area contributed by atoms with Gasteiger partial charge in [-0.05, 0) is 47.9 Å². The molecular formula is C21H16ClF2N3O2. The van der Waals surface area contributed by atoms with Crippen LogP contribution in [0.4, 0.5) is 8.78 Å². The lowest BCUT2D eigenvalue weighted by atomic mass is 10.1. The van der Waals surface area contributed by atoms with Gasteiger partial charge in [0.1, 0.15) is 5.76 Å². The quantitative estimate of drug-likeness (QED) is 0.481. The summed E-state index contributed by atoms with van der Waals surface area (Å²) >= 11 is 6.05. The SMILES string of the molecule is O=C(NCCc1c[nH]c2ccc(Cl)cc12)c1cc(Cc2ccc(F)c(F)c2)on1. The van der Waals surface area contributed by atoms with Crippen molar-refractivity contribution in [3.05, 3.63) is 87.9 Å². The molecule has 0 bridgehead atoms. The molecule has 0 fully saturated rings. The average Bonchev–Trinajstić information content (AvgIpc) is 3.32. The Labute approximate surface area is 169 Å². The Morgan fingerprint density at radius 1 is 1.14 bits per heavy atom. The Morgan fingerprint density at radius 3 is 2.83 bits per heavy atom. The third-order valence-corrected chi connectivity index (χ3v) is 4.80. The molecule has 4 aromatic rings. The number of benzene rings is 2. The minimum atomic E-state index is -0.932. The summed E-state index contributed by atoms with van der Waals surface area (Å²) in [4.78, 5) is 15.5. The second-order valence-electron chi connectivity index (χ2n) is 6.61. The molecule has 0 spiro atoms. The van der Waals surface area contributed by atoms with Gasteiger partial charge in [-0.15, -0.1) is 0 Å². The zero-order valence-electron chi connectivity index (χ0n) is 15.1. The number of rotatable bonds is 6. The largest absolute Gasteiger partial charge is 0.361 e. The van der Waals surface area contributed by atoms with Crippen molar-refractivity contribution in [3.8, 4) is 0 Å². The molecule has 8 heteroatoms. The lowest BCUT2D eigenvalue weighted by molar-refractivity contribution is 0.0945. The van der Waals surface area contributed by atoms with E-state index < -0.39 is 11.6 Å². The summed E-state index contributed by atoms with van der Waals surface area (Å²) in [6.07, 6.45) is 2.71. The first kappa shape index (κ1) is 19.1. The smallest absolute Gasteiger partial charge is 0.273 e. The van der Waals surface area contributed by atoms with Crippen LogP contribution in [0, 0.1) is 11.6 Å². The number of hydrogen-bond acceptors (Lipinski definition) is 3. The standard InChI is InChI=1S/C21H16ClF2N3O2/c22-14-2-4-19-16(9-14)13(11-26-19)5-6-25-21(28)20-10-15(29-27-20)7-12-1-3-17(23)18(24)8-12/h1-4,8-11,26H,5-7H2,(H,25,28). The van der Waals surface area contributed by atoms with Crippen molar-refractivity contribution < 1.29 is 18.1 Å². The molecule has 0 saturated carbocycles. The fraction of sp³-hybridized carbons (Fsp3) is 0.143. The van der Waals surface area contributed by atoms with Crippen LogP contribution in [0.3, 0.4) is 0 Å². The summed E-state index contributed by atoms with van der Waals surface area (Å²) in [5.74, 6) is -1.84. The molecule has 0 aliphatic carbocycles.